The summed E-state index contributed by atoms with van der Waals surface area (Å²) in [4.78, 5) is 48.4. The van der Waals surface area contributed by atoms with Gasteiger partial charge in [-0.3, -0.25) is 9.36 Å². The van der Waals surface area contributed by atoms with Gasteiger partial charge in [-0.05, 0) is 37.5 Å². The van der Waals surface area contributed by atoms with Crippen molar-refractivity contribution >= 4 is 44.4 Å². The first-order valence-corrected chi connectivity index (χ1v) is 11.4. The summed E-state index contributed by atoms with van der Waals surface area (Å²) in [6.07, 6.45) is 1.65. The number of ether oxygens (including phenoxy) is 2. The van der Waals surface area contributed by atoms with E-state index in [1.165, 1.54) is 7.11 Å². The predicted molar refractivity (Wildman–Crippen MR) is 124 cm³/mol. The maximum Gasteiger partial charge on any atom is 0.349 e. The average Bonchev–Trinajstić information content (AvgIpc) is 3.42. The van der Waals surface area contributed by atoms with Gasteiger partial charge in [0.2, 0.25) is 0 Å². The Morgan fingerprint density at radius 2 is 1.91 bits per heavy atom. The van der Waals surface area contributed by atoms with Crippen molar-refractivity contribution in [3.8, 4) is 0 Å². The van der Waals surface area contributed by atoms with Crippen LogP contribution in [0.15, 0.2) is 29.1 Å². The third-order valence-corrected chi connectivity index (χ3v) is 7.22. The van der Waals surface area contributed by atoms with Gasteiger partial charge in [-0.1, -0.05) is 18.2 Å². The van der Waals surface area contributed by atoms with Crippen LogP contribution in [0, 0.1) is 13.8 Å². The minimum absolute atomic E-state index is 0.111. The Hall–Kier alpha value is -3.59. The van der Waals surface area contributed by atoms with Gasteiger partial charge in [0, 0.05) is 18.4 Å². The monoisotopic (exact) mass is 463 g/mol. The molecule has 0 N–H and O–H groups in total. The second kappa shape index (κ2) is 8.08. The van der Waals surface area contributed by atoms with Gasteiger partial charge in [0.15, 0.2) is 0 Å². The Bertz CT molecular complexity index is 1520. The number of esters is 2. The van der Waals surface area contributed by atoms with E-state index in [1.807, 2.05) is 31.2 Å². The summed E-state index contributed by atoms with van der Waals surface area (Å²) in [5, 5.41) is 1.29. The van der Waals surface area contributed by atoms with Crippen LogP contribution in [0.25, 0.3) is 21.1 Å². The Morgan fingerprint density at radius 3 is 2.70 bits per heavy atom. The van der Waals surface area contributed by atoms with Gasteiger partial charge >= 0.3 is 11.9 Å². The highest BCUT2D eigenvalue weighted by molar-refractivity contribution is 7.20. The number of methoxy groups -OCH3 is 1. The number of aryl methyl sites for hydroxylation is 3. The van der Waals surface area contributed by atoms with Crippen LogP contribution in [0.4, 0.5) is 0 Å². The normalized spacial score (nSPS) is 12.8. The molecule has 0 unspecified atom stereocenters. The molecule has 0 bridgehead atoms. The van der Waals surface area contributed by atoms with Crippen LogP contribution in [0.2, 0.25) is 0 Å². The van der Waals surface area contributed by atoms with Gasteiger partial charge < -0.3 is 9.47 Å². The van der Waals surface area contributed by atoms with Gasteiger partial charge in [-0.25, -0.2) is 19.6 Å². The zero-order valence-electron chi connectivity index (χ0n) is 18.4. The zero-order chi connectivity index (χ0) is 23.3. The van der Waals surface area contributed by atoms with Gasteiger partial charge in [0.25, 0.3) is 5.56 Å². The zero-order valence-corrected chi connectivity index (χ0v) is 19.2. The van der Waals surface area contributed by atoms with Crippen molar-refractivity contribution in [3.63, 3.8) is 0 Å². The van der Waals surface area contributed by atoms with E-state index in [-0.39, 0.29) is 17.7 Å². The Balaban J connectivity index is 1.50. The lowest BCUT2D eigenvalue weighted by Crippen LogP contribution is -2.20. The van der Waals surface area contributed by atoms with E-state index in [2.05, 4.69) is 9.97 Å². The number of hydrogen-bond donors (Lipinski definition) is 0. The first-order chi connectivity index (χ1) is 15.9. The molecule has 1 aliphatic rings. The fraction of sp³-hybridized carbons (Fsp3) is 0.292. The number of benzene rings is 1. The molecule has 0 fully saturated rings. The van der Waals surface area contributed by atoms with E-state index in [9.17, 15) is 14.4 Å². The van der Waals surface area contributed by atoms with Crippen LogP contribution in [-0.4, -0.2) is 33.6 Å². The fourth-order valence-corrected chi connectivity index (χ4v) is 5.47. The molecule has 0 saturated heterocycles. The number of aromatic nitrogens is 3. The molecule has 1 aliphatic heterocycles. The molecule has 3 aromatic heterocycles. The van der Waals surface area contributed by atoms with Crippen molar-refractivity contribution in [2.75, 3.05) is 7.11 Å². The summed E-state index contributed by atoms with van der Waals surface area (Å²) in [5.41, 5.74) is 2.47. The molecule has 0 atom stereocenters. The summed E-state index contributed by atoms with van der Waals surface area (Å²) in [6.45, 7) is 4.00. The Labute approximate surface area is 192 Å². The molecule has 1 aromatic carbocycles. The Morgan fingerprint density at radius 1 is 1.12 bits per heavy atom. The molecule has 9 heteroatoms. The number of thiophene rings is 1. The van der Waals surface area contributed by atoms with Crippen LogP contribution >= 0.6 is 11.3 Å². The SMILES string of the molecule is COC(=O)c1c(COC(=O)c2sc3nc4n(c(=O)c3c2C)CCC4)nc2ccccc2c1C. The number of rotatable bonds is 4. The molecular formula is C24H21N3O5S. The van der Waals surface area contributed by atoms with Crippen LogP contribution in [-0.2, 0) is 29.0 Å². The number of pyridine rings is 1. The minimum Gasteiger partial charge on any atom is -0.465 e. The van der Waals surface area contributed by atoms with Crippen LogP contribution < -0.4 is 5.56 Å². The second-order valence-corrected chi connectivity index (χ2v) is 8.97. The van der Waals surface area contributed by atoms with Crippen LogP contribution in [0.1, 0.15) is 49.1 Å². The topological polar surface area (TPSA) is 100 Å². The minimum atomic E-state index is -0.580. The quantitative estimate of drug-likeness (QED) is 0.425. The molecule has 0 amide bonds. The summed E-state index contributed by atoms with van der Waals surface area (Å²) in [6, 6.07) is 7.44. The van der Waals surface area contributed by atoms with Gasteiger partial charge in [-0.2, -0.15) is 0 Å². The number of fused-ring (bicyclic) bond motifs is 3. The third-order valence-electron chi connectivity index (χ3n) is 6.05. The van der Waals surface area contributed by atoms with Gasteiger partial charge in [0.1, 0.15) is 22.1 Å². The first kappa shape index (κ1) is 21.3. The van der Waals surface area contributed by atoms with Crippen molar-refractivity contribution in [3.05, 3.63) is 67.7 Å². The molecule has 8 nitrogen and oxygen atoms in total. The number of para-hydroxylation sites is 1. The Kier molecular flexibility index (Phi) is 5.20. The largest absolute Gasteiger partial charge is 0.465 e. The number of nitrogens with zero attached hydrogens (tertiary/aromatic N) is 3. The highest BCUT2D eigenvalue weighted by Crippen LogP contribution is 2.30. The first-order valence-electron chi connectivity index (χ1n) is 10.6. The van der Waals surface area contributed by atoms with E-state index in [1.54, 1.807) is 11.5 Å². The summed E-state index contributed by atoms with van der Waals surface area (Å²) >= 11 is 1.16. The average molecular weight is 464 g/mol. The number of carbonyl (C=O) groups excluding carboxylic acids is 2. The fourth-order valence-electron chi connectivity index (χ4n) is 4.39. The lowest BCUT2D eigenvalue weighted by Gasteiger charge is -2.13. The van der Waals surface area contributed by atoms with E-state index < -0.39 is 11.9 Å². The highest BCUT2D eigenvalue weighted by atomic mass is 32.1. The highest BCUT2D eigenvalue weighted by Gasteiger charge is 2.25. The molecule has 0 saturated carbocycles. The van der Waals surface area contributed by atoms with E-state index in [4.69, 9.17) is 9.47 Å². The van der Waals surface area contributed by atoms with Crippen LogP contribution in [0.3, 0.4) is 0 Å². The molecular weight excluding hydrogens is 442 g/mol. The predicted octanol–water partition coefficient (Wildman–Crippen LogP) is 3.71. The van der Waals surface area contributed by atoms with Crippen molar-refractivity contribution in [1.29, 1.82) is 0 Å². The van der Waals surface area contributed by atoms with Gasteiger partial charge in [-0.15, -0.1) is 11.3 Å². The molecule has 4 aromatic rings. The van der Waals surface area contributed by atoms with Crippen molar-refractivity contribution in [2.24, 2.45) is 0 Å². The lowest BCUT2D eigenvalue weighted by atomic mass is 10.0. The molecule has 0 spiro atoms. The molecule has 0 radical (unpaired) electrons. The summed E-state index contributed by atoms with van der Waals surface area (Å²) < 4.78 is 12.2. The molecule has 168 valence electrons. The van der Waals surface area contributed by atoms with E-state index >= 15 is 0 Å². The third kappa shape index (κ3) is 3.39. The summed E-state index contributed by atoms with van der Waals surface area (Å²) in [5.74, 6) is -0.364. The smallest absolute Gasteiger partial charge is 0.349 e. The molecule has 5 rings (SSSR count). The van der Waals surface area contributed by atoms with Crippen molar-refractivity contribution in [1.82, 2.24) is 14.5 Å². The molecule has 0 aliphatic carbocycles. The lowest BCUT2D eigenvalue weighted by molar-refractivity contribution is 0.0460. The summed E-state index contributed by atoms with van der Waals surface area (Å²) in [7, 11) is 1.30. The van der Waals surface area contributed by atoms with Crippen molar-refractivity contribution < 1.29 is 19.1 Å². The van der Waals surface area contributed by atoms with E-state index in [0.717, 1.165) is 35.4 Å². The second-order valence-electron chi connectivity index (χ2n) is 7.97. The van der Waals surface area contributed by atoms with Crippen molar-refractivity contribution in [2.45, 2.75) is 39.8 Å². The molecule has 33 heavy (non-hydrogen) atoms. The standard InChI is InChI=1S/C24H21N3O5S/c1-12-14-7-4-5-8-15(14)25-16(18(12)23(29)31-3)11-32-24(30)20-13(2)19-21(33-20)26-17-9-6-10-27(17)22(19)28/h4-5,7-8H,6,9-11H2,1-3H3. The number of carbonyl (C=O) groups is 2. The van der Waals surface area contributed by atoms with E-state index in [0.29, 0.717) is 44.0 Å². The molecule has 4 heterocycles. The maximum atomic E-state index is 13.0. The number of hydrogen-bond acceptors (Lipinski definition) is 8. The van der Waals surface area contributed by atoms with Crippen LogP contribution in [0.5, 0.6) is 0 Å². The maximum absolute atomic E-state index is 13.0. The van der Waals surface area contributed by atoms with Gasteiger partial charge in [0.05, 0.1) is 29.3 Å².